The lowest BCUT2D eigenvalue weighted by Crippen LogP contribution is -2.13. The van der Waals surface area contributed by atoms with Crippen LogP contribution in [0.4, 0.5) is 10.1 Å². The van der Waals surface area contributed by atoms with E-state index in [1.165, 1.54) is 30.3 Å². The van der Waals surface area contributed by atoms with Gasteiger partial charge in [0.05, 0.1) is 21.7 Å². The van der Waals surface area contributed by atoms with Crippen LogP contribution in [0.25, 0.3) is 0 Å². The largest absolute Gasteiger partial charge is 0.389 e. The minimum atomic E-state index is -3.83. The van der Waals surface area contributed by atoms with Crippen molar-refractivity contribution in [2.75, 3.05) is 4.72 Å². The van der Waals surface area contributed by atoms with Crippen molar-refractivity contribution in [2.24, 2.45) is 0 Å². The van der Waals surface area contributed by atoms with Crippen LogP contribution in [0.2, 0.25) is 5.02 Å². The molecule has 4 nitrogen and oxygen atoms in total. The summed E-state index contributed by atoms with van der Waals surface area (Å²) in [7, 11) is -3.83. The second-order valence-electron chi connectivity index (χ2n) is 4.47. The summed E-state index contributed by atoms with van der Waals surface area (Å²) >= 11 is 5.79. The van der Waals surface area contributed by atoms with Gasteiger partial charge in [-0.2, -0.15) is 0 Å². The van der Waals surface area contributed by atoms with E-state index < -0.39 is 21.9 Å². The molecule has 0 aromatic heterocycles. The molecule has 0 fully saturated rings. The van der Waals surface area contributed by atoms with E-state index in [9.17, 15) is 17.9 Å². The molecule has 1 atom stereocenters. The lowest BCUT2D eigenvalue weighted by atomic mass is 10.1. The summed E-state index contributed by atoms with van der Waals surface area (Å²) in [6.45, 7) is 1.58. The Morgan fingerprint density at radius 2 is 1.81 bits per heavy atom. The zero-order valence-corrected chi connectivity index (χ0v) is 12.6. The molecule has 2 rings (SSSR count). The van der Waals surface area contributed by atoms with E-state index in [0.717, 1.165) is 12.1 Å². The van der Waals surface area contributed by atoms with Gasteiger partial charge in [-0.05, 0) is 42.8 Å². The minimum absolute atomic E-state index is 0.0206. The topological polar surface area (TPSA) is 66.4 Å². The normalized spacial score (nSPS) is 13.0. The van der Waals surface area contributed by atoms with Gasteiger partial charge in [0.15, 0.2) is 0 Å². The molecule has 0 bridgehead atoms. The smallest absolute Gasteiger partial charge is 0.261 e. The van der Waals surface area contributed by atoms with Crippen molar-refractivity contribution in [2.45, 2.75) is 17.9 Å². The molecule has 0 aliphatic heterocycles. The quantitative estimate of drug-likeness (QED) is 0.904. The van der Waals surface area contributed by atoms with Crippen LogP contribution >= 0.6 is 11.6 Å². The maximum absolute atomic E-state index is 12.9. The molecule has 21 heavy (non-hydrogen) atoms. The first-order valence-electron chi connectivity index (χ1n) is 6.05. The third kappa shape index (κ3) is 3.72. The Hall–Kier alpha value is -1.63. The van der Waals surface area contributed by atoms with Gasteiger partial charge < -0.3 is 5.11 Å². The predicted molar refractivity (Wildman–Crippen MR) is 79.3 cm³/mol. The first kappa shape index (κ1) is 15.8. The van der Waals surface area contributed by atoms with Crippen LogP contribution in [0.3, 0.4) is 0 Å². The van der Waals surface area contributed by atoms with E-state index in [0.29, 0.717) is 5.56 Å². The molecule has 0 amide bonds. The summed E-state index contributed by atoms with van der Waals surface area (Å²) in [6, 6.07) is 9.18. The molecule has 7 heteroatoms. The van der Waals surface area contributed by atoms with Gasteiger partial charge in [0.2, 0.25) is 0 Å². The molecule has 0 radical (unpaired) electrons. The SMILES string of the molecule is CC(O)c1ccc(S(=O)(=O)Nc2ccc(F)cc2Cl)cc1. The lowest BCUT2D eigenvalue weighted by molar-refractivity contribution is 0.199. The second-order valence-corrected chi connectivity index (χ2v) is 6.56. The average molecular weight is 330 g/mol. The highest BCUT2D eigenvalue weighted by atomic mass is 35.5. The molecule has 0 heterocycles. The fraction of sp³-hybridized carbons (Fsp3) is 0.143. The van der Waals surface area contributed by atoms with Gasteiger partial charge in [-0.1, -0.05) is 23.7 Å². The van der Waals surface area contributed by atoms with Gasteiger partial charge >= 0.3 is 0 Å². The molecule has 112 valence electrons. The van der Waals surface area contributed by atoms with E-state index in [1.807, 2.05) is 0 Å². The zero-order valence-electron chi connectivity index (χ0n) is 11.0. The standard InChI is InChI=1S/C14H13ClFNO3S/c1-9(18)10-2-5-12(6-3-10)21(19,20)17-14-7-4-11(16)8-13(14)15/h2-9,17-18H,1H3. The lowest BCUT2D eigenvalue weighted by Gasteiger charge is -2.11. The molecule has 1 unspecified atom stereocenters. The number of halogens is 2. The van der Waals surface area contributed by atoms with Gasteiger partial charge in [-0.15, -0.1) is 0 Å². The van der Waals surface area contributed by atoms with Crippen molar-refractivity contribution < 1.29 is 17.9 Å². The van der Waals surface area contributed by atoms with Gasteiger partial charge in [0, 0.05) is 0 Å². The highest BCUT2D eigenvalue weighted by molar-refractivity contribution is 7.92. The van der Waals surface area contributed by atoms with Crippen LogP contribution in [-0.4, -0.2) is 13.5 Å². The third-order valence-corrected chi connectivity index (χ3v) is 4.54. The average Bonchev–Trinajstić information content (AvgIpc) is 2.42. The van der Waals surface area contributed by atoms with Crippen molar-refractivity contribution in [3.8, 4) is 0 Å². The van der Waals surface area contributed by atoms with Gasteiger partial charge in [-0.3, -0.25) is 4.72 Å². The molecule has 2 aromatic rings. The van der Waals surface area contributed by atoms with Crippen LogP contribution in [0, 0.1) is 5.82 Å². The van der Waals surface area contributed by atoms with Crippen LogP contribution in [0.5, 0.6) is 0 Å². The Morgan fingerprint density at radius 1 is 1.19 bits per heavy atom. The Kier molecular flexibility index (Phi) is 4.51. The molecule has 2 N–H and O–H groups in total. The summed E-state index contributed by atoms with van der Waals surface area (Å²) in [5.41, 5.74) is 0.700. The summed E-state index contributed by atoms with van der Waals surface area (Å²) < 4.78 is 39.6. The van der Waals surface area contributed by atoms with Crippen LogP contribution < -0.4 is 4.72 Å². The Balaban J connectivity index is 2.29. The predicted octanol–water partition coefficient (Wildman–Crippen LogP) is 3.33. The van der Waals surface area contributed by atoms with Crippen LogP contribution in [0.1, 0.15) is 18.6 Å². The summed E-state index contributed by atoms with van der Waals surface area (Å²) in [4.78, 5) is 0.0206. The Morgan fingerprint density at radius 3 is 2.33 bits per heavy atom. The Labute approximate surface area is 127 Å². The van der Waals surface area contributed by atoms with E-state index in [4.69, 9.17) is 11.6 Å². The molecule has 0 aliphatic rings. The number of hydrogen-bond donors (Lipinski definition) is 2. The van der Waals surface area contributed by atoms with Gasteiger partial charge in [0.25, 0.3) is 10.0 Å². The number of hydrogen-bond acceptors (Lipinski definition) is 3. The van der Waals surface area contributed by atoms with E-state index >= 15 is 0 Å². The number of sulfonamides is 1. The van der Waals surface area contributed by atoms with Crippen LogP contribution in [-0.2, 0) is 10.0 Å². The molecule has 0 saturated heterocycles. The minimum Gasteiger partial charge on any atom is -0.389 e. The molecule has 0 aliphatic carbocycles. The Bertz CT molecular complexity index is 745. The number of rotatable bonds is 4. The molecule has 2 aromatic carbocycles. The second kappa shape index (κ2) is 6.01. The number of benzene rings is 2. The van der Waals surface area contributed by atoms with Crippen molar-refractivity contribution >= 4 is 27.3 Å². The van der Waals surface area contributed by atoms with Gasteiger partial charge in [-0.25, -0.2) is 12.8 Å². The summed E-state index contributed by atoms with van der Waals surface area (Å²) in [5.74, 6) is -0.552. The fourth-order valence-corrected chi connectivity index (χ4v) is 3.05. The maximum atomic E-state index is 12.9. The van der Waals surface area contributed by atoms with Crippen molar-refractivity contribution in [1.82, 2.24) is 0 Å². The summed E-state index contributed by atoms with van der Waals surface area (Å²) in [5, 5.41) is 9.37. The van der Waals surface area contributed by atoms with E-state index in [2.05, 4.69) is 4.72 Å². The highest BCUT2D eigenvalue weighted by Crippen LogP contribution is 2.25. The zero-order chi connectivity index (χ0) is 15.6. The maximum Gasteiger partial charge on any atom is 0.261 e. The van der Waals surface area contributed by atoms with E-state index in [-0.39, 0.29) is 15.6 Å². The van der Waals surface area contributed by atoms with E-state index in [1.54, 1.807) is 6.92 Å². The number of anilines is 1. The van der Waals surface area contributed by atoms with Crippen molar-refractivity contribution in [3.63, 3.8) is 0 Å². The monoisotopic (exact) mass is 329 g/mol. The molecular weight excluding hydrogens is 317 g/mol. The highest BCUT2D eigenvalue weighted by Gasteiger charge is 2.16. The van der Waals surface area contributed by atoms with Gasteiger partial charge in [0.1, 0.15) is 5.82 Å². The number of aliphatic hydroxyl groups is 1. The van der Waals surface area contributed by atoms with Crippen molar-refractivity contribution in [3.05, 3.63) is 58.9 Å². The first-order chi connectivity index (χ1) is 9.79. The fourth-order valence-electron chi connectivity index (χ4n) is 1.70. The molecule has 0 spiro atoms. The molecular formula is C14H13ClFNO3S. The number of nitrogens with one attached hydrogen (secondary N) is 1. The van der Waals surface area contributed by atoms with Crippen LogP contribution in [0.15, 0.2) is 47.4 Å². The van der Waals surface area contributed by atoms with Crippen molar-refractivity contribution in [1.29, 1.82) is 0 Å². The number of aliphatic hydroxyl groups excluding tert-OH is 1. The third-order valence-electron chi connectivity index (χ3n) is 2.85. The first-order valence-corrected chi connectivity index (χ1v) is 7.91. The molecule has 0 saturated carbocycles. The summed E-state index contributed by atoms with van der Waals surface area (Å²) in [6.07, 6.45) is -0.679.